The van der Waals surface area contributed by atoms with Crippen LogP contribution in [0.15, 0.2) is 45.8 Å². The van der Waals surface area contributed by atoms with Gasteiger partial charge in [0.1, 0.15) is 10.7 Å². The number of carbonyl (C=O) groups excluding carboxylic acids is 1. The van der Waals surface area contributed by atoms with Crippen LogP contribution in [-0.4, -0.2) is 20.6 Å². The topological polar surface area (TPSA) is 77.5 Å². The number of rotatable bonds is 4. The summed E-state index contributed by atoms with van der Waals surface area (Å²) >= 11 is 2.53. The van der Waals surface area contributed by atoms with Crippen LogP contribution in [0.1, 0.15) is 10.5 Å². The minimum Gasteiger partial charge on any atom is -0.296 e. The van der Waals surface area contributed by atoms with E-state index >= 15 is 0 Å². The summed E-state index contributed by atoms with van der Waals surface area (Å²) in [6, 6.07) is 6.40. The van der Waals surface area contributed by atoms with Crippen molar-refractivity contribution in [2.75, 3.05) is 0 Å². The Balaban J connectivity index is 2.07. The van der Waals surface area contributed by atoms with E-state index in [-0.39, 0.29) is 5.69 Å². The minimum atomic E-state index is -0.443. The molecule has 0 saturated carbocycles. The van der Waals surface area contributed by atoms with Gasteiger partial charge in [0.25, 0.3) is 5.69 Å². The zero-order valence-corrected chi connectivity index (χ0v) is 11.6. The number of aldehydes is 1. The molecule has 0 aliphatic carbocycles. The zero-order valence-electron chi connectivity index (χ0n) is 9.92. The average Bonchev–Trinajstić information content (AvgIpc) is 2.99. The first-order valence-electron chi connectivity index (χ1n) is 5.52. The predicted molar refractivity (Wildman–Crippen MR) is 75.7 cm³/mol. The zero-order chi connectivity index (χ0) is 14.1. The van der Waals surface area contributed by atoms with Crippen molar-refractivity contribution in [2.45, 2.75) is 9.92 Å². The highest BCUT2D eigenvalue weighted by Gasteiger charge is 2.19. The summed E-state index contributed by atoms with van der Waals surface area (Å²) in [5.74, 6) is 0. The van der Waals surface area contributed by atoms with Gasteiger partial charge in [0, 0.05) is 17.6 Å². The Labute approximate surface area is 121 Å². The average molecular weight is 305 g/mol. The van der Waals surface area contributed by atoms with Gasteiger partial charge in [-0.2, -0.15) is 0 Å². The lowest BCUT2D eigenvalue weighted by atomic mass is 10.3. The van der Waals surface area contributed by atoms with Crippen molar-refractivity contribution < 1.29 is 9.72 Å². The fourth-order valence-corrected chi connectivity index (χ4v) is 3.53. The van der Waals surface area contributed by atoms with Crippen molar-refractivity contribution in [3.8, 4) is 0 Å². The fraction of sp³-hybridized carbons (Fsp3) is 0. The number of nitro groups is 1. The van der Waals surface area contributed by atoms with Crippen molar-refractivity contribution in [3.63, 3.8) is 0 Å². The number of nitro benzene ring substituents is 1. The number of hydrogen-bond acceptors (Lipinski definition) is 6. The Morgan fingerprint density at radius 2 is 2.20 bits per heavy atom. The quantitative estimate of drug-likeness (QED) is 0.420. The molecule has 0 aliphatic heterocycles. The van der Waals surface area contributed by atoms with E-state index in [9.17, 15) is 14.9 Å². The van der Waals surface area contributed by atoms with Crippen LogP contribution in [0.5, 0.6) is 0 Å². The first-order valence-corrected chi connectivity index (χ1v) is 7.22. The lowest BCUT2D eigenvalue weighted by molar-refractivity contribution is -0.387. The largest absolute Gasteiger partial charge is 0.296 e. The lowest BCUT2D eigenvalue weighted by Crippen LogP contribution is -1.92. The summed E-state index contributed by atoms with van der Waals surface area (Å²) in [7, 11) is 0. The molecule has 0 saturated heterocycles. The molecule has 2 heterocycles. The highest BCUT2D eigenvalue weighted by atomic mass is 32.2. The number of nitrogens with zero attached hydrogens (tertiary/aromatic N) is 3. The maximum atomic E-state index is 11.2. The molecule has 0 fully saturated rings. The van der Waals surface area contributed by atoms with Gasteiger partial charge in [-0.15, -0.1) is 11.3 Å². The van der Waals surface area contributed by atoms with Crippen LogP contribution in [0.2, 0.25) is 0 Å². The van der Waals surface area contributed by atoms with Gasteiger partial charge in [-0.25, -0.2) is 4.98 Å². The summed E-state index contributed by atoms with van der Waals surface area (Å²) in [5, 5.41) is 13.3. The smallest absolute Gasteiger partial charge is 0.283 e. The Hall–Kier alpha value is -2.19. The molecule has 0 radical (unpaired) electrons. The summed E-state index contributed by atoms with van der Waals surface area (Å²) in [5.41, 5.74) is 0.412. The third-order valence-corrected chi connectivity index (χ3v) is 4.46. The van der Waals surface area contributed by atoms with Gasteiger partial charge in [0.2, 0.25) is 0 Å². The number of fused-ring (bicyclic) bond motifs is 1. The van der Waals surface area contributed by atoms with Crippen LogP contribution in [0.3, 0.4) is 0 Å². The van der Waals surface area contributed by atoms with Crippen LogP contribution in [0.25, 0.3) is 4.96 Å². The van der Waals surface area contributed by atoms with Gasteiger partial charge in [-0.1, -0.05) is 23.9 Å². The molecule has 0 atom stereocenters. The summed E-state index contributed by atoms with van der Waals surface area (Å²) in [6.45, 7) is 0. The molecule has 0 unspecified atom stereocenters. The van der Waals surface area contributed by atoms with E-state index in [0.29, 0.717) is 26.9 Å². The van der Waals surface area contributed by atoms with E-state index in [2.05, 4.69) is 4.98 Å². The van der Waals surface area contributed by atoms with E-state index in [1.165, 1.54) is 17.4 Å². The molecule has 6 nitrogen and oxygen atoms in total. The number of imidazole rings is 1. The van der Waals surface area contributed by atoms with Gasteiger partial charge in [-0.05, 0) is 6.07 Å². The van der Waals surface area contributed by atoms with Crippen molar-refractivity contribution in [1.82, 2.24) is 9.38 Å². The molecule has 3 aromatic rings. The summed E-state index contributed by atoms with van der Waals surface area (Å²) in [4.78, 5) is 27.2. The molecule has 8 heteroatoms. The van der Waals surface area contributed by atoms with Crippen LogP contribution >= 0.6 is 23.1 Å². The maximum Gasteiger partial charge on any atom is 0.283 e. The number of benzene rings is 1. The first-order chi connectivity index (χ1) is 9.70. The minimum absolute atomic E-state index is 0.00528. The molecule has 0 amide bonds. The molecule has 0 bridgehead atoms. The van der Waals surface area contributed by atoms with E-state index in [0.717, 1.165) is 11.8 Å². The fourth-order valence-electron chi connectivity index (χ4n) is 1.76. The molecule has 0 aliphatic rings. The van der Waals surface area contributed by atoms with Crippen LogP contribution in [-0.2, 0) is 0 Å². The van der Waals surface area contributed by atoms with E-state index in [1.807, 2.05) is 5.38 Å². The second kappa shape index (κ2) is 5.06. The molecule has 20 heavy (non-hydrogen) atoms. The number of para-hydroxylation sites is 1. The third kappa shape index (κ3) is 2.08. The van der Waals surface area contributed by atoms with Crippen LogP contribution < -0.4 is 0 Å². The Bertz CT molecular complexity index is 809. The molecule has 0 spiro atoms. The third-order valence-electron chi connectivity index (χ3n) is 2.65. The number of hydrogen-bond donors (Lipinski definition) is 0. The molecule has 2 aromatic heterocycles. The molecule has 0 N–H and O–H groups in total. The van der Waals surface area contributed by atoms with Crippen LogP contribution in [0, 0.1) is 10.1 Å². The number of aromatic nitrogens is 2. The molecule has 100 valence electrons. The number of carbonyl (C=O) groups is 1. The van der Waals surface area contributed by atoms with Crippen LogP contribution in [0.4, 0.5) is 5.69 Å². The van der Waals surface area contributed by atoms with E-state index < -0.39 is 4.92 Å². The monoisotopic (exact) mass is 305 g/mol. The molecular formula is C12H7N3O3S2. The second-order valence-corrected chi connectivity index (χ2v) is 5.71. The first kappa shape index (κ1) is 12.8. The highest BCUT2D eigenvalue weighted by molar-refractivity contribution is 7.99. The Morgan fingerprint density at radius 1 is 1.40 bits per heavy atom. The van der Waals surface area contributed by atoms with Gasteiger partial charge < -0.3 is 0 Å². The molecule has 3 rings (SSSR count). The van der Waals surface area contributed by atoms with Crippen molar-refractivity contribution in [3.05, 3.63) is 51.7 Å². The van der Waals surface area contributed by atoms with Crippen molar-refractivity contribution >= 4 is 40.0 Å². The summed E-state index contributed by atoms with van der Waals surface area (Å²) in [6.07, 6.45) is 2.46. The van der Waals surface area contributed by atoms with Gasteiger partial charge in [0.05, 0.1) is 9.82 Å². The van der Waals surface area contributed by atoms with Gasteiger partial charge >= 0.3 is 0 Å². The second-order valence-electron chi connectivity index (χ2n) is 3.80. The Morgan fingerprint density at radius 3 is 2.95 bits per heavy atom. The van der Waals surface area contributed by atoms with Gasteiger partial charge in [0.15, 0.2) is 11.2 Å². The molecular weight excluding hydrogens is 298 g/mol. The lowest BCUT2D eigenvalue weighted by Gasteiger charge is -2.00. The van der Waals surface area contributed by atoms with E-state index in [1.54, 1.807) is 28.8 Å². The predicted octanol–water partition coefficient (Wildman–Crippen LogP) is 3.27. The normalized spacial score (nSPS) is 10.8. The maximum absolute atomic E-state index is 11.2. The SMILES string of the molecule is O=Cc1c(Sc2ccccc2[N+](=O)[O-])nc2sccn12. The highest BCUT2D eigenvalue weighted by Crippen LogP contribution is 2.36. The van der Waals surface area contributed by atoms with Crippen molar-refractivity contribution in [1.29, 1.82) is 0 Å². The van der Waals surface area contributed by atoms with Crippen molar-refractivity contribution in [2.24, 2.45) is 0 Å². The standard InChI is InChI=1S/C12H7N3O3S2/c16-7-9-11(13-12-14(9)5-6-19-12)20-10-4-2-1-3-8(10)15(17)18/h1-7H. The van der Waals surface area contributed by atoms with Gasteiger partial charge in [-0.3, -0.25) is 19.3 Å². The molecule has 1 aromatic carbocycles. The number of thiazole rings is 1. The van der Waals surface area contributed by atoms with E-state index in [4.69, 9.17) is 0 Å². The Kier molecular flexibility index (Phi) is 3.25. The summed E-state index contributed by atoms with van der Waals surface area (Å²) < 4.78 is 1.68.